The number of para-hydroxylation sites is 2. The normalized spacial score (nSPS) is 10.4. The maximum Gasteiger partial charge on any atom is 0.332 e. The fourth-order valence-electron chi connectivity index (χ4n) is 1.32. The number of benzene rings is 1. The number of phenols is 1. The lowest BCUT2D eigenvalue weighted by Crippen LogP contribution is -2.20. The molecule has 0 unspecified atom stereocenters. The number of phenolic OH excluding ortho intramolecular Hbond substituents is 1. The molecule has 1 aromatic carbocycles. The molecule has 4 heteroatoms. The highest BCUT2D eigenvalue weighted by atomic mass is 16.3. The maximum atomic E-state index is 11.5. The van der Waals surface area contributed by atoms with Crippen molar-refractivity contribution in [2.24, 2.45) is 7.05 Å². The molecule has 1 N–H and O–H groups in total. The van der Waals surface area contributed by atoms with Crippen LogP contribution in [0, 0.1) is 0 Å². The molecule has 0 bridgehead atoms. The van der Waals surface area contributed by atoms with Crippen molar-refractivity contribution in [3.05, 3.63) is 47.1 Å². The van der Waals surface area contributed by atoms with E-state index in [-0.39, 0.29) is 11.4 Å². The third kappa shape index (κ3) is 1.21. The highest BCUT2D eigenvalue weighted by Crippen LogP contribution is 2.18. The Hall–Kier alpha value is -1.97. The predicted octanol–water partition coefficient (Wildman–Crippen LogP) is 0.882. The van der Waals surface area contributed by atoms with Crippen LogP contribution >= 0.6 is 0 Å². The van der Waals surface area contributed by atoms with E-state index >= 15 is 0 Å². The van der Waals surface area contributed by atoms with Crippen molar-refractivity contribution in [1.29, 1.82) is 0 Å². The fraction of sp³-hybridized carbons (Fsp3) is 0.100. The Morgan fingerprint density at radius 2 is 1.93 bits per heavy atom. The van der Waals surface area contributed by atoms with E-state index in [0.717, 1.165) is 0 Å². The molecule has 14 heavy (non-hydrogen) atoms. The lowest BCUT2D eigenvalue weighted by Gasteiger charge is -2.02. The van der Waals surface area contributed by atoms with Crippen LogP contribution in [-0.2, 0) is 7.05 Å². The predicted molar refractivity (Wildman–Crippen MR) is 52.7 cm³/mol. The average molecular weight is 190 g/mol. The molecule has 0 aliphatic heterocycles. The molecule has 0 saturated heterocycles. The van der Waals surface area contributed by atoms with Gasteiger partial charge in [0.2, 0.25) is 0 Å². The Morgan fingerprint density at radius 3 is 2.50 bits per heavy atom. The van der Waals surface area contributed by atoms with Gasteiger partial charge in [-0.2, -0.15) is 0 Å². The molecule has 2 aromatic rings. The van der Waals surface area contributed by atoms with Crippen LogP contribution in [0.25, 0.3) is 5.69 Å². The number of aryl methyl sites for hydroxylation is 1. The molecule has 0 fully saturated rings. The van der Waals surface area contributed by atoms with Crippen molar-refractivity contribution in [2.75, 3.05) is 0 Å². The first-order chi connectivity index (χ1) is 6.70. The number of hydrogen-bond donors (Lipinski definition) is 1. The molecule has 0 saturated carbocycles. The molecule has 1 aromatic heterocycles. The molecule has 4 nitrogen and oxygen atoms in total. The van der Waals surface area contributed by atoms with Crippen LogP contribution in [0.15, 0.2) is 41.5 Å². The van der Waals surface area contributed by atoms with Crippen LogP contribution in [0.3, 0.4) is 0 Å². The number of aromatic hydroxyl groups is 1. The zero-order valence-electron chi connectivity index (χ0n) is 7.71. The van der Waals surface area contributed by atoms with Crippen LogP contribution in [0.1, 0.15) is 0 Å². The summed E-state index contributed by atoms with van der Waals surface area (Å²) in [5.74, 6) is 0.0980. The first-order valence-electron chi connectivity index (χ1n) is 4.22. The van der Waals surface area contributed by atoms with E-state index in [1.54, 1.807) is 43.7 Å². The van der Waals surface area contributed by atoms with Gasteiger partial charge in [-0.1, -0.05) is 12.1 Å². The summed E-state index contributed by atoms with van der Waals surface area (Å²) < 4.78 is 2.85. The molecular formula is C10H10N2O2. The van der Waals surface area contributed by atoms with E-state index in [2.05, 4.69) is 0 Å². The number of hydrogen-bond acceptors (Lipinski definition) is 2. The van der Waals surface area contributed by atoms with Crippen molar-refractivity contribution in [3.63, 3.8) is 0 Å². The van der Waals surface area contributed by atoms with Gasteiger partial charge in [0.1, 0.15) is 5.75 Å². The van der Waals surface area contributed by atoms with Gasteiger partial charge in [0.25, 0.3) is 0 Å². The molecule has 0 aliphatic rings. The Bertz CT molecular complexity index is 511. The summed E-state index contributed by atoms with van der Waals surface area (Å²) in [6.45, 7) is 0. The molecule has 1 heterocycles. The van der Waals surface area contributed by atoms with Crippen molar-refractivity contribution < 1.29 is 5.11 Å². The van der Waals surface area contributed by atoms with Crippen LogP contribution in [-0.4, -0.2) is 14.2 Å². The maximum absolute atomic E-state index is 11.5. The van der Waals surface area contributed by atoms with Gasteiger partial charge in [-0.15, -0.1) is 0 Å². The number of imidazole rings is 1. The third-order valence-corrected chi connectivity index (χ3v) is 2.09. The summed E-state index contributed by atoms with van der Waals surface area (Å²) in [5, 5.41) is 9.53. The first kappa shape index (κ1) is 8.62. The number of nitrogens with zero attached hydrogens (tertiary/aromatic N) is 2. The quantitative estimate of drug-likeness (QED) is 0.725. The SMILES string of the molecule is Cn1ccn(-c2ccccc2O)c1=O. The van der Waals surface area contributed by atoms with E-state index < -0.39 is 0 Å². The Kier molecular flexibility index (Phi) is 1.89. The van der Waals surface area contributed by atoms with E-state index in [9.17, 15) is 9.90 Å². The molecule has 2 rings (SSSR count). The minimum Gasteiger partial charge on any atom is -0.506 e. The molecule has 0 atom stereocenters. The van der Waals surface area contributed by atoms with Crippen molar-refractivity contribution in [3.8, 4) is 11.4 Å². The van der Waals surface area contributed by atoms with Gasteiger partial charge in [-0.3, -0.25) is 4.57 Å². The van der Waals surface area contributed by atoms with Gasteiger partial charge in [0.15, 0.2) is 0 Å². The molecular weight excluding hydrogens is 180 g/mol. The fourth-order valence-corrected chi connectivity index (χ4v) is 1.32. The Balaban J connectivity index is 2.67. The van der Waals surface area contributed by atoms with E-state index in [4.69, 9.17) is 0 Å². The van der Waals surface area contributed by atoms with E-state index in [0.29, 0.717) is 5.69 Å². The zero-order chi connectivity index (χ0) is 10.1. The summed E-state index contributed by atoms with van der Waals surface area (Å²) in [6, 6.07) is 6.73. The first-order valence-corrected chi connectivity index (χ1v) is 4.22. The van der Waals surface area contributed by atoms with Gasteiger partial charge in [0, 0.05) is 19.4 Å². The summed E-state index contributed by atoms with van der Waals surface area (Å²) >= 11 is 0. The standard InChI is InChI=1S/C10H10N2O2/c1-11-6-7-12(10(11)14)8-4-2-3-5-9(8)13/h2-7,13H,1H3. The summed E-state index contributed by atoms with van der Waals surface area (Å²) in [5.41, 5.74) is 0.324. The average Bonchev–Trinajstić information content (AvgIpc) is 2.49. The lowest BCUT2D eigenvalue weighted by molar-refractivity contribution is 0.471. The van der Waals surface area contributed by atoms with E-state index in [1.165, 1.54) is 9.13 Å². The van der Waals surface area contributed by atoms with Crippen molar-refractivity contribution >= 4 is 0 Å². The van der Waals surface area contributed by atoms with Gasteiger partial charge in [-0.25, -0.2) is 4.79 Å². The van der Waals surface area contributed by atoms with Crippen LogP contribution in [0.5, 0.6) is 5.75 Å². The second-order valence-electron chi connectivity index (χ2n) is 3.05. The van der Waals surface area contributed by atoms with Gasteiger partial charge < -0.3 is 9.67 Å². The van der Waals surface area contributed by atoms with Crippen molar-refractivity contribution in [2.45, 2.75) is 0 Å². The molecule has 72 valence electrons. The van der Waals surface area contributed by atoms with Gasteiger partial charge in [-0.05, 0) is 12.1 Å². The van der Waals surface area contributed by atoms with E-state index in [1.807, 2.05) is 0 Å². The Morgan fingerprint density at radius 1 is 1.21 bits per heavy atom. The summed E-state index contributed by atoms with van der Waals surface area (Å²) in [4.78, 5) is 11.5. The number of aromatic nitrogens is 2. The van der Waals surface area contributed by atoms with Crippen molar-refractivity contribution in [1.82, 2.24) is 9.13 Å². The van der Waals surface area contributed by atoms with Gasteiger partial charge in [0.05, 0.1) is 5.69 Å². The monoisotopic (exact) mass is 190 g/mol. The highest BCUT2D eigenvalue weighted by Gasteiger charge is 2.05. The molecule has 0 aliphatic carbocycles. The minimum atomic E-state index is -0.175. The highest BCUT2D eigenvalue weighted by molar-refractivity contribution is 5.45. The smallest absolute Gasteiger partial charge is 0.332 e. The second kappa shape index (κ2) is 3.06. The molecule has 0 spiro atoms. The lowest BCUT2D eigenvalue weighted by atomic mass is 10.3. The second-order valence-corrected chi connectivity index (χ2v) is 3.05. The number of rotatable bonds is 1. The zero-order valence-corrected chi connectivity index (χ0v) is 7.71. The van der Waals surface area contributed by atoms with Crippen LogP contribution in [0.4, 0.5) is 0 Å². The molecule has 0 amide bonds. The van der Waals surface area contributed by atoms with Crippen LogP contribution < -0.4 is 5.69 Å². The Labute approximate surface area is 80.7 Å². The third-order valence-electron chi connectivity index (χ3n) is 2.09. The summed E-state index contributed by atoms with van der Waals surface area (Å²) in [7, 11) is 1.67. The topological polar surface area (TPSA) is 47.2 Å². The summed E-state index contributed by atoms with van der Waals surface area (Å²) in [6.07, 6.45) is 3.27. The van der Waals surface area contributed by atoms with Crippen LogP contribution in [0.2, 0.25) is 0 Å². The molecule has 0 radical (unpaired) electrons. The minimum absolute atomic E-state index is 0.0980. The van der Waals surface area contributed by atoms with Gasteiger partial charge >= 0.3 is 5.69 Å². The largest absolute Gasteiger partial charge is 0.506 e.